The molecule has 0 spiro atoms. The van der Waals surface area contributed by atoms with E-state index in [0.29, 0.717) is 5.56 Å². The first-order valence-electron chi connectivity index (χ1n) is 2.59. The van der Waals surface area contributed by atoms with E-state index in [1.165, 1.54) is 0 Å². The maximum atomic E-state index is 10.2. The fourth-order valence-corrected chi connectivity index (χ4v) is 0.581. The molecule has 70 valence electrons. The largest absolute Gasteiger partial charge is 0.478 e. The lowest BCUT2D eigenvalue weighted by molar-refractivity contribution is 0.0697. The Kier molecular flexibility index (Phi) is 12.0. The van der Waals surface area contributed by atoms with Crippen molar-refractivity contribution in [2.24, 2.45) is 0 Å². The van der Waals surface area contributed by atoms with Crippen LogP contribution in [0.1, 0.15) is 10.4 Å². The highest BCUT2D eigenvalue weighted by Crippen LogP contribution is 1.96. The van der Waals surface area contributed by atoms with Crippen molar-refractivity contribution in [3.05, 3.63) is 35.9 Å². The molecule has 0 heterocycles. The highest BCUT2D eigenvalue weighted by atomic mass is 35.5. The molecule has 1 rings (SSSR count). The van der Waals surface area contributed by atoms with Gasteiger partial charge in [0, 0.05) is 0 Å². The fourth-order valence-electron chi connectivity index (χ4n) is 0.581. The van der Waals surface area contributed by atoms with Crippen LogP contribution in [0.4, 0.5) is 0 Å². The molecule has 0 aliphatic carbocycles. The van der Waals surface area contributed by atoms with Crippen LogP contribution in [0.2, 0.25) is 0 Å². The summed E-state index contributed by atoms with van der Waals surface area (Å²) in [4.78, 5) is 10.2. The average Bonchev–Trinajstić information content (AvgIpc) is 1.90. The second-order valence-corrected chi connectivity index (χ2v) is 1.67. The van der Waals surface area contributed by atoms with E-state index in [9.17, 15) is 4.79 Å². The number of carboxylic acid groups (broad SMARTS) is 1. The quantitative estimate of drug-likeness (QED) is 0.765. The van der Waals surface area contributed by atoms with Crippen molar-refractivity contribution in [1.82, 2.24) is 0 Å². The Hall–Kier alpha value is -0.770. The molecule has 0 aliphatic heterocycles. The number of rotatable bonds is 1. The molecule has 0 saturated carbocycles. The first kappa shape index (κ1) is 17.4. The first-order chi connectivity index (χ1) is 4.30. The average molecular weight is 213 g/mol. The molecule has 5 heteroatoms. The lowest BCUT2D eigenvalue weighted by atomic mass is 10.2. The molecule has 0 fully saturated rings. The number of benzene rings is 1. The molecule has 0 aromatic heterocycles. The van der Waals surface area contributed by atoms with Gasteiger partial charge in [0.2, 0.25) is 0 Å². The summed E-state index contributed by atoms with van der Waals surface area (Å²) in [7, 11) is 0. The highest BCUT2D eigenvalue weighted by Gasteiger charge is 1.96. The molecule has 0 unspecified atom stereocenters. The number of aromatic carboxylic acids is 1. The number of hydrogen-bond acceptors (Lipinski definition) is 1. The summed E-state index contributed by atoms with van der Waals surface area (Å²) in [5.74, 6) is -0.879. The smallest absolute Gasteiger partial charge is 0.335 e. The van der Waals surface area contributed by atoms with E-state index in [1.807, 2.05) is 0 Å². The number of carbonyl (C=O) groups is 1. The van der Waals surface area contributed by atoms with Gasteiger partial charge in [0.15, 0.2) is 0 Å². The molecule has 1 aromatic carbocycles. The van der Waals surface area contributed by atoms with E-state index in [-0.39, 0.29) is 30.3 Å². The van der Waals surface area contributed by atoms with Crippen LogP contribution in [0.15, 0.2) is 30.3 Å². The molecule has 12 heavy (non-hydrogen) atoms. The third-order valence-corrected chi connectivity index (χ3v) is 1.02. The van der Waals surface area contributed by atoms with Crippen LogP contribution < -0.4 is 0 Å². The van der Waals surface area contributed by atoms with Crippen molar-refractivity contribution in [3.8, 4) is 0 Å². The predicted molar refractivity (Wildman–Crippen MR) is 51.5 cm³/mol. The zero-order chi connectivity index (χ0) is 6.69. The molecule has 0 aliphatic rings. The second-order valence-electron chi connectivity index (χ2n) is 1.67. The third kappa shape index (κ3) is 4.96. The Bertz CT molecular complexity index is 213. The minimum atomic E-state index is -0.879. The standard InChI is InChI=1S/C7H6O2.2ClH.H2O/c8-7(9)6-4-2-1-3-5-6;;;/h1-5H,(H,8,9);2*1H;1H2. The molecule has 0 bridgehead atoms. The van der Waals surface area contributed by atoms with Gasteiger partial charge in [0.05, 0.1) is 5.56 Å². The van der Waals surface area contributed by atoms with E-state index < -0.39 is 5.97 Å². The summed E-state index contributed by atoms with van der Waals surface area (Å²) in [5.41, 5.74) is 0.331. The SMILES string of the molecule is Cl.Cl.O.O=C(O)c1ccccc1. The summed E-state index contributed by atoms with van der Waals surface area (Å²) in [6.07, 6.45) is 0. The van der Waals surface area contributed by atoms with Gasteiger partial charge in [-0.3, -0.25) is 0 Å². The highest BCUT2D eigenvalue weighted by molar-refractivity contribution is 5.87. The van der Waals surface area contributed by atoms with Crippen molar-refractivity contribution in [2.45, 2.75) is 0 Å². The lowest BCUT2D eigenvalue weighted by Gasteiger charge is -1.88. The summed E-state index contributed by atoms with van der Waals surface area (Å²) in [6.45, 7) is 0. The molecule has 0 atom stereocenters. The summed E-state index contributed by atoms with van der Waals surface area (Å²) >= 11 is 0. The molecule has 0 amide bonds. The van der Waals surface area contributed by atoms with Gasteiger partial charge in [0.1, 0.15) is 0 Å². The van der Waals surface area contributed by atoms with Crippen LogP contribution in [-0.2, 0) is 0 Å². The van der Waals surface area contributed by atoms with Gasteiger partial charge < -0.3 is 10.6 Å². The molecule has 3 nitrogen and oxygen atoms in total. The van der Waals surface area contributed by atoms with Gasteiger partial charge in [-0.1, -0.05) is 18.2 Å². The second kappa shape index (κ2) is 8.33. The fraction of sp³-hybridized carbons (Fsp3) is 0. The maximum absolute atomic E-state index is 10.2. The molecular weight excluding hydrogens is 203 g/mol. The molecular formula is C7H10Cl2O3. The van der Waals surface area contributed by atoms with Crippen LogP contribution >= 0.6 is 24.8 Å². The van der Waals surface area contributed by atoms with Gasteiger partial charge in [-0.25, -0.2) is 4.79 Å². The first-order valence-corrected chi connectivity index (χ1v) is 2.59. The van der Waals surface area contributed by atoms with Gasteiger partial charge in [-0.05, 0) is 12.1 Å². The van der Waals surface area contributed by atoms with Crippen LogP contribution in [-0.4, -0.2) is 16.6 Å². The molecule has 0 radical (unpaired) electrons. The Labute approximate surface area is 82.5 Å². The van der Waals surface area contributed by atoms with Crippen molar-refractivity contribution in [1.29, 1.82) is 0 Å². The van der Waals surface area contributed by atoms with Gasteiger partial charge in [-0.2, -0.15) is 0 Å². The minimum absolute atomic E-state index is 0. The maximum Gasteiger partial charge on any atom is 0.335 e. The Balaban J connectivity index is -0.000000270. The van der Waals surface area contributed by atoms with E-state index in [2.05, 4.69) is 0 Å². The molecule has 1 aromatic rings. The Morgan fingerprint density at radius 3 is 1.75 bits per heavy atom. The van der Waals surface area contributed by atoms with Gasteiger partial charge in [0.25, 0.3) is 0 Å². The van der Waals surface area contributed by atoms with E-state index in [1.54, 1.807) is 30.3 Å². The van der Waals surface area contributed by atoms with Gasteiger partial charge >= 0.3 is 5.97 Å². The zero-order valence-corrected chi connectivity index (χ0v) is 7.69. The van der Waals surface area contributed by atoms with E-state index in [4.69, 9.17) is 5.11 Å². The summed E-state index contributed by atoms with van der Waals surface area (Å²) < 4.78 is 0. The predicted octanol–water partition coefficient (Wildman–Crippen LogP) is 1.40. The lowest BCUT2D eigenvalue weighted by Crippen LogP contribution is -1.93. The van der Waals surface area contributed by atoms with Crippen LogP contribution in [0, 0.1) is 0 Å². The number of carboxylic acids is 1. The summed E-state index contributed by atoms with van der Waals surface area (Å²) in [6, 6.07) is 8.30. The monoisotopic (exact) mass is 212 g/mol. The number of halogens is 2. The summed E-state index contributed by atoms with van der Waals surface area (Å²) in [5, 5.41) is 8.38. The molecule has 3 N–H and O–H groups in total. The normalized spacial score (nSPS) is 6.67. The van der Waals surface area contributed by atoms with Crippen molar-refractivity contribution in [3.63, 3.8) is 0 Å². The topological polar surface area (TPSA) is 68.8 Å². The Morgan fingerprint density at radius 2 is 1.50 bits per heavy atom. The van der Waals surface area contributed by atoms with Crippen molar-refractivity contribution < 1.29 is 15.4 Å². The van der Waals surface area contributed by atoms with Crippen LogP contribution in [0.25, 0.3) is 0 Å². The number of hydrogen-bond donors (Lipinski definition) is 1. The van der Waals surface area contributed by atoms with Crippen LogP contribution in [0.3, 0.4) is 0 Å². The third-order valence-electron chi connectivity index (χ3n) is 1.02. The minimum Gasteiger partial charge on any atom is -0.478 e. The van der Waals surface area contributed by atoms with Gasteiger partial charge in [-0.15, -0.1) is 24.8 Å². The molecule has 0 saturated heterocycles. The Morgan fingerprint density at radius 1 is 1.08 bits per heavy atom. The van der Waals surface area contributed by atoms with Crippen molar-refractivity contribution in [2.75, 3.05) is 0 Å². The van der Waals surface area contributed by atoms with E-state index in [0.717, 1.165) is 0 Å². The zero-order valence-electron chi connectivity index (χ0n) is 6.06. The van der Waals surface area contributed by atoms with Crippen LogP contribution in [0.5, 0.6) is 0 Å². The van der Waals surface area contributed by atoms with Crippen molar-refractivity contribution >= 4 is 30.8 Å². The van der Waals surface area contributed by atoms with E-state index >= 15 is 0 Å².